The van der Waals surface area contributed by atoms with Crippen LogP contribution < -0.4 is 20.3 Å². The summed E-state index contributed by atoms with van der Waals surface area (Å²) in [5.41, 5.74) is 3.83. The van der Waals surface area contributed by atoms with Crippen LogP contribution >= 0.6 is 12.2 Å². The van der Waals surface area contributed by atoms with E-state index in [0.717, 1.165) is 11.4 Å². The molecule has 7 nitrogen and oxygen atoms in total. The third-order valence-corrected chi connectivity index (χ3v) is 7.79. The van der Waals surface area contributed by atoms with Gasteiger partial charge in [-0.25, -0.2) is 0 Å². The van der Waals surface area contributed by atoms with Gasteiger partial charge < -0.3 is 24.8 Å². The van der Waals surface area contributed by atoms with Gasteiger partial charge in [0.05, 0.1) is 11.7 Å². The highest BCUT2D eigenvalue weighted by atomic mass is 32.1. The quantitative estimate of drug-likeness (QED) is 0.261. The van der Waals surface area contributed by atoms with Crippen molar-refractivity contribution in [3.05, 3.63) is 109 Å². The second kappa shape index (κ2) is 11.3. The Morgan fingerprint density at radius 3 is 2.49 bits per heavy atom. The SMILES string of the molecule is O=C(COc1ccccc1)Nc1ccc(N2C(=S)N[C@@H](c3ccccn3)[C@H]2c2cccn2C2CCCC2)cc1. The molecule has 2 fully saturated rings. The zero-order valence-electron chi connectivity index (χ0n) is 21.6. The molecule has 0 bridgehead atoms. The van der Waals surface area contributed by atoms with Crippen LogP contribution in [0, 0.1) is 0 Å². The van der Waals surface area contributed by atoms with Crippen molar-refractivity contribution in [3.8, 4) is 5.75 Å². The van der Waals surface area contributed by atoms with Gasteiger partial charge in [-0.05, 0) is 85.7 Å². The number of carbonyl (C=O) groups excluding carboxylic acids is 1. The molecule has 3 heterocycles. The van der Waals surface area contributed by atoms with Crippen molar-refractivity contribution in [2.24, 2.45) is 0 Å². The fourth-order valence-electron chi connectivity index (χ4n) is 5.67. The van der Waals surface area contributed by atoms with Gasteiger partial charge in [-0.1, -0.05) is 37.1 Å². The summed E-state index contributed by atoms with van der Waals surface area (Å²) in [6, 6.07) is 27.8. The Bertz CT molecular complexity index is 1420. The first-order chi connectivity index (χ1) is 19.2. The Labute approximate surface area is 233 Å². The van der Waals surface area contributed by atoms with E-state index in [1.165, 1.54) is 31.4 Å². The number of aromatic nitrogens is 2. The summed E-state index contributed by atoms with van der Waals surface area (Å²) in [7, 11) is 0. The fraction of sp³-hybridized carbons (Fsp3) is 0.258. The summed E-state index contributed by atoms with van der Waals surface area (Å²) in [6.45, 7) is -0.0577. The van der Waals surface area contributed by atoms with Gasteiger partial charge in [0, 0.05) is 35.5 Å². The summed E-state index contributed by atoms with van der Waals surface area (Å²) in [6.07, 6.45) is 8.96. The van der Waals surface area contributed by atoms with E-state index >= 15 is 0 Å². The summed E-state index contributed by atoms with van der Waals surface area (Å²) in [5.74, 6) is 0.446. The number of thiocarbonyl (C=S) groups is 1. The van der Waals surface area contributed by atoms with Crippen LogP contribution in [0.25, 0.3) is 0 Å². The van der Waals surface area contributed by atoms with Crippen LogP contribution in [0.5, 0.6) is 5.75 Å². The largest absolute Gasteiger partial charge is 0.484 e. The molecular formula is C31H31N5O2S. The summed E-state index contributed by atoms with van der Waals surface area (Å²) < 4.78 is 8.01. The van der Waals surface area contributed by atoms with Gasteiger partial charge in [-0.3, -0.25) is 9.78 Å². The van der Waals surface area contributed by atoms with Gasteiger partial charge >= 0.3 is 0 Å². The molecule has 8 heteroatoms. The minimum absolute atomic E-state index is 0.0577. The number of nitrogens with zero attached hydrogens (tertiary/aromatic N) is 3. The van der Waals surface area contributed by atoms with E-state index < -0.39 is 0 Å². The molecule has 1 aliphatic carbocycles. The van der Waals surface area contributed by atoms with E-state index in [9.17, 15) is 4.79 Å². The van der Waals surface area contributed by atoms with E-state index in [1.54, 1.807) is 0 Å². The highest BCUT2D eigenvalue weighted by molar-refractivity contribution is 7.80. The maximum Gasteiger partial charge on any atom is 0.262 e. The lowest BCUT2D eigenvalue weighted by atomic mass is 10.00. The molecule has 6 rings (SSSR count). The van der Waals surface area contributed by atoms with Crippen molar-refractivity contribution in [3.63, 3.8) is 0 Å². The number of amides is 1. The summed E-state index contributed by atoms with van der Waals surface area (Å²) >= 11 is 5.90. The van der Waals surface area contributed by atoms with Crippen molar-refractivity contribution in [2.45, 2.75) is 43.8 Å². The number of benzene rings is 2. The lowest BCUT2D eigenvalue weighted by Gasteiger charge is -2.30. The third kappa shape index (κ3) is 5.38. The normalized spacial score (nSPS) is 19.2. The van der Waals surface area contributed by atoms with Crippen LogP contribution in [0.15, 0.2) is 97.3 Å². The molecule has 1 amide bonds. The number of hydrogen-bond donors (Lipinski definition) is 2. The molecule has 2 aromatic heterocycles. The molecule has 2 aliphatic rings. The Hall–Kier alpha value is -4.17. The molecular weight excluding hydrogens is 506 g/mol. The molecule has 1 aliphatic heterocycles. The second-order valence-corrected chi connectivity index (χ2v) is 10.4. The Balaban J connectivity index is 1.25. The Kier molecular flexibility index (Phi) is 7.27. The standard InChI is InChI=1S/C31H31N5O2S/c37-28(21-38-25-11-2-1-3-12-25)33-22-15-17-24(18-16-22)36-30(27-14-8-20-35(27)23-9-4-5-10-23)29(34-31(36)39)26-13-6-7-19-32-26/h1-3,6-8,11-20,23,29-30H,4-5,9-10,21H2,(H,33,37)(H,34,39)/t29-,30+/m0/s1. The molecule has 0 unspecified atom stereocenters. The molecule has 1 saturated carbocycles. The van der Waals surface area contributed by atoms with Crippen LogP contribution in [-0.2, 0) is 4.79 Å². The smallest absolute Gasteiger partial charge is 0.262 e. The zero-order chi connectivity index (χ0) is 26.6. The van der Waals surface area contributed by atoms with Crippen LogP contribution in [0.2, 0.25) is 0 Å². The predicted octanol–water partition coefficient (Wildman–Crippen LogP) is 6.19. The zero-order valence-corrected chi connectivity index (χ0v) is 22.4. The van der Waals surface area contributed by atoms with E-state index in [1.807, 2.05) is 72.9 Å². The van der Waals surface area contributed by atoms with Crippen molar-refractivity contribution < 1.29 is 9.53 Å². The average Bonchev–Trinajstić information content (AvgIpc) is 3.73. The predicted molar refractivity (Wildman–Crippen MR) is 157 cm³/mol. The van der Waals surface area contributed by atoms with Crippen LogP contribution in [0.3, 0.4) is 0 Å². The van der Waals surface area contributed by atoms with Gasteiger partial charge in [0.2, 0.25) is 0 Å². The average molecular weight is 538 g/mol. The van der Waals surface area contributed by atoms with E-state index in [0.29, 0.717) is 22.6 Å². The second-order valence-electron chi connectivity index (χ2n) is 9.97. The number of carbonyl (C=O) groups is 1. The molecule has 39 heavy (non-hydrogen) atoms. The number of nitrogens with one attached hydrogen (secondary N) is 2. The maximum atomic E-state index is 12.5. The number of rotatable bonds is 8. The lowest BCUT2D eigenvalue weighted by Crippen LogP contribution is -2.30. The number of hydrogen-bond acceptors (Lipinski definition) is 4. The van der Waals surface area contributed by atoms with E-state index in [-0.39, 0.29) is 24.6 Å². The lowest BCUT2D eigenvalue weighted by molar-refractivity contribution is -0.118. The molecule has 4 aromatic rings. The third-order valence-electron chi connectivity index (χ3n) is 7.47. The van der Waals surface area contributed by atoms with Crippen LogP contribution in [-0.4, -0.2) is 27.2 Å². The molecule has 2 aromatic carbocycles. The van der Waals surface area contributed by atoms with Crippen molar-refractivity contribution in [2.75, 3.05) is 16.8 Å². The molecule has 0 spiro atoms. The van der Waals surface area contributed by atoms with Crippen molar-refractivity contribution in [1.29, 1.82) is 0 Å². The first-order valence-electron chi connectivity index (χ1n) is 13.4. The van der Waals surface area contributed by atoms with E-state index in [2.05, 4.69) is 49.5 Å². The molecule has 2 atom stereocenters. The summed E-state index contributed by atoms with van der Waals surface area (Å²) in [4.78, 5) is 19.3. The maximum absolute atomic E-state index is 12.5. The van der Waals surface area contributed by atoms with Gasteiger partial charge in [-0.2, -0.15) is 0 Å². The molecule has 0 radical (unpaired) electrons. The first-order valence-corrected chi connectivity index (χ1v) is 13.8. The molecule has 2 N–H and O–H groups in total. The number of para-hydroxylation sites is 1. The van der Waals surface area contributed by atoms with Crippen LogP contribution in [0.1, 0.15) is 55.2 Å². The minimum atomic E-state index is -0.215. The first kappa shape index (κ1) is 25.1. The fourth-order valence-corrected chi connectivity index (χ4v) is 6.02. The highest BCUT2D eigenvalue weighted by Crippen LogP contribution is 2.43. The molecule has 1 saturated heterocycles. The Morgan fingerprint density at radius 1 is 0.974 bits per heavy atom. The summed E-state index contributed by atoms with van der Waals surface area (Å²) in [5, 5.41) is 7.12. The van der Waals surface area contributed by atoms with E-state index in [4.69, 9.17) is 17.0 Å². The van der Waals surface area contributed by atoms with Gasteiger partial charge in [0.15, 0.2) is 11.7 Å². The number of anilines is 2. The Morgan fingerprint density at radius 2 is 1.74 bits per heavy atom. The number of ether oxygens (including phenoxy) is 1. The van der Waals surface area contributed by atoms with Gasteiger partial charge in [-0.15, -0.1) is 0 Å². The van der Waals surface area contributed by atoms with Gasteiger partial charge in [0.1, 0.15) is 11.8 Å². The highest BCUT2D eigenvalue weighted by Gasteiger charge is 2.42. The van der Waals surface area contributed by atoms with Crippen molar-refractivity contribution in [1.82, 2.24) is 14.9 Å². The minimum Gasteiger partial charge on any atom is -0.484 e. The monoisotopic (exact) mass is 537 g/mol. The topological polar surface area (TPSA) is 71.4 Å². The van der Waals surface area contributed by atoms with Crippen LogP contribution in [0.4, 0.5) is 11.4 Å². The van der Waals surface area contributed by atoms with Crippen molar-refractivity contribution >= 4 is 34.6 Å². The molecule has 198 valence electrons. The van der Waals surface area contributed by atoms with Gasteiger partial charge in [0.25, 0.3) is 5.91 Å². The number of pyridine rings is 1.